The van der Waals surface area contributed by atoms with Crippen LogP contribution in [0.3, 0.4) is 0 Å². The van der Waals surface area contributed by atoms with Crippen LogP contribution in [0.4, 0.5) is 0 Å². The van der Waals surface area contributed by atoms with E-state index in [-0.39, 0.29) is 24.0 Å². The van der Waals surface area contributed by atoms with Gasteiger partial charge >= 0.3 is 0 Å². The van der Waals surface area contributed by atoms with Crippen LogP contribution in [0.2, 0.25) is 0 Å². The monoisotopic (exact) mass is 430 g/mol. The molecule has 2 N–H and O–H groups in total. The van der Waals surface area contributed by atoms with Crippen LogP contribution in [-0.2, 0) is 13.1 Å². The number of nitrogens with two attached hydrogens (primary N) is 1. The molecule has 1 heterocycles. The minimum atomic E-state index is 0. The molecule has 3 rings (SSSR count). The lowest BCUT2D eigenvalue weighted by molar-refractivity contribution is -0.696. The SMILES string of the molecule is NC[n+]1cccc(CCC(c2ccccc2)c2ccccc2)c1.[I-]. The maximum atomic E-state index is 5.72. The zero-order chi connectivity index (χ0) is 15.9. The van der Waals surface area contributed by atoms with E-state index < -0.39 is 0 Å². The summed E-state index contributed by atoms with van der Waals surface area (Å²) in [5.41, 5.74) is 9.80. The minimum Gasteiger partial charge on any atom is -1.00 e. The highest BCUT2D eigenvalue weighted by Crippen LogP contribution is 2.29. The van der Waals surface area contributed by atoms with Gasteiger partial charge < -0.3 is 24.0 Å². The van der Waals surface area contributed by atoms with Gasteiger partial charge in [-0.3, -0.25) is 5.73 Å². The number of hydrogen-bond acceptors (Lipinski definition) is 1. The summed E-state index contributed by atoms with van der Waals surface area (Å²) in [7, 11) is 0. The van der Waals surface area contributed by atoms with Gasteiger partial charge in [0, 0.05) is 17.5 Å². The molecule has 0 saturated heterocycles. The molecule has 24 heavy (non-hydrogen) atoms. The molecule has 2 nitrogen and oxygen atoms in total. The Morgan fingerprint density at radius 2 is 1.38 bits per heavy atom. The van der Waals surface area contributed by atoms with E-state index >= 15 is 0 Å². The molecule has 0 fully saturated rings. The van der Waals surface area contributed by atoms with Crippen LogP contribution in [0.25, 0.3) is 0 Å². The number of benzene rings is 2. The van der Waals surface area contributed by atoms with E-state index in [2.05, 4.69) is 79.0 Å². The highest BCUT2D eigenvalue weighted by molar-refractivity contribution is 5.32. The Bertz CT molecular complexity index is 690. The van der Waals surface area contributed by atoms with Crippen molar-refractivity contribution in [2.45, 2.75) is 25.4 Å². The standard InChI is InChI=1S/C21H23N2.HI/c22-17-23-15-7-8-18(16-23)13-14-21(19-9-3-1-4-10-19)20-11-5-2-6-12-20;/h1-12,15-16,21H,13-14,17,22H2;1H/q+1;/p-1. The lowest BCUT2D eigenvalue weighted by Gasteiger charge is -2.18. The maximum Gasteiger partial charge on any atom is 0.199 e. The highest BCUT2D eigenvalue weighted by atomic mass is 127. The fraction of sp³-hybridized carbons (Fsp3) is 0.190. The topological polar surface area (TPSA) is 29.9 Å². The predicted molar refractivity (Wildman–Crippen MR) is 93.9 cm³/mol. The van der Waals surface area contributed by atoms with Crippen molar-refractivity contribution in [2.75, 3.05) is 0 Å². The first-order valence-corrected chi connectivity index (χ1v) is 8.15. The summed E-state index contributed by atoms with van der Waals surface area (Å²) in [6.45, 7) is 0.522. The Balaban J connectivity index is 0.00000208. The molecule has 0 aliphatic rings. The summed E-state index contributed by atoms with van der Waals surface area (Å²) >= 11 is 0. The lowest BCUT2D eigenvalue weighted by atomic mass is 9.86. The second-order valence-corrected chi connectivity index (χ2v) is 5.82. The van der Waals surface area contributed by atoms with Gasteiger partial charge in [0.15, 0.2) is 19.1 Å². The first-order chi connectivity index (χ1) is 11.4. The number of rotatable bonds is 6. The quantitative estimate of drug-likeness (QED) is 0.452. The van der Waals surface area contributed by atoms with E-state index in [0.717, 1.165) is 12.8 Å². The van der Waals surface area contributed by atoms with Crippen molar-refractivity contribution in [3.05, 3.63) is 102 Å². The zero-order valence-electron chi connectivity index (χ0n) is 13.7. The normalized spacial score (nSPS) is 10.4. The van der Waals surface area contributed by atoms with E-state index in [1.807, 2.05) is 10.8 Å². The van der Waals surface area contributed by atoms with Crippen molar-refractivity contribution in [3.8, 4) is 0 Å². The van der Waals surface area contributed by atoms with Gasteiger partial charge in [0.2, 0.25) is 0 Å². The molecule has 1 aromatic heterocycles. The maximum absolute atomic E-state index is 5.72. The number of aromatic nitrogens is 1. The van der Waals surface area contributed by atoms with Crippen LogP contribution in [-0.4, -0.2) is 0 Å². The Morgan fingerprint density at radius 1 is 0.792 bits per heavy atom. The number of pyridine rings is 1. The van der Waals surface area contributed by atoms with Crippen molar-refractivity contribution < 1.29 is 28.5 Å². The average molecular weight is 430 g/mol. The summed E-state index contributed by atoms with van der Waals surface area (Å²) in [5.74, 6) is 0.420. The zero-order valence-corrected chi connectivity index (χ0v) is 15.8. The molecule has 0 bridgehead atoms. The molecule has 0 aliphatic carbocycles. The van der Waals surface area contributed by atoms with E-state index in [1.165, 1.54) is 16.7 Å². The summed E-state index contributed by atoms with van der Waals surface area (Å²) < 4.78 is 2.02. The summed E-state index contributed by atoms with van der Waals surface area (Å²) in [5, 5.41) is 0. The smallest absolute Gasteiger partial charge is 0.199 e. The van der Waals surface area contributed by atoms with Crippen molar-refractivity contribution in [1.82, 2.24) is 0 Å². The molecule has 3 heteroatoms. The number of hydrogen-bond donors (Lipinski definition) is 1. The fourth-order valence-corrected chi connectivity index (χ4v) is 3.05. The summed E-state index contributed by atoms with van der Waals surface area (Å²) in [6.07, 6.45) is 6.28. The van der Waals surface area contributed by atoms with Gasteiger partial charge in [-0.05, 0) is 30.0 Å². The molecule has 0 saturated carbocycles. The molecular weight excluding hydrogens is 407 g/mol. The lowest BCUT2D eigenvalue weighted by Crippen LogP contribution is -3.00. The first-order valence-electron chi connectivity index (χ1n) is 8.15. The number of aryl methyl sites for hydroxylation is 1. The van der Waals surface area contributed by atoms with Gasteiger partial charge in [-0.1, -0.05) is 60.7 Å². The first kappa shape index (κ1) is 18.6. The second kappa shape index (κ2) is 9.55. The molecule has 0 radical (unpaired) electrons. The molecule has 2 aromatic carbocycles. The van der Waals surface area contributed by atoms with Gasteiger partial charge in [-0.2, -0.15) is 4.57 Å². The number of nitrogens with zero attached hydrogens (tertiary/aromatic N) is 1. The molecule has 0 atom stereocenters. The van der Waals surface area contributed by atoms with Crippen LogP contribution in [0.5, 0.6) is 0 Å². The third-order valence-corrected chi connectivity index (χ3v) is 4.26. The van der Waals surface area contributed by atoms with Crippen molar-refractivity contribution in [2.24, 2.45) is 5.73 Å². The van der Waals surface area contributed by atoms with Crippen molar-refractivity contribution in [1.29, 1.82) is 0 Å². The summed E-state index contributed by atoms with van der Waals surface area (Å²) in [4.78, 5) is 0. The van der Waals surface area contributed by atoms with Crippen LogP contribution in [0.15, 0.2) is 85.2 Å². The van der Waals surface area contributed by atoms with E-state index in [9.17, 15) is 0 Å². The van der Waals surface area contributed by atoms with Crippen molar-refractivity contribution in [3.63, 3.8) is 0 Å². The Kier molecular flexibility index (Phi) is 7.40. The van der Waals surface area contributed by atoms with Gasteiger partial charge in [0.1, 0.15) is 0 Å². The fourth-order valence-electron chi connectivity index (χ4n) is 3.05. The largest absolute Gasteiger partial charge is 1.00 e. The molecule has 124 valence electrons. The Hall–Kier alpha value is -1.72. The predicted octanol–water partition coefficient (Wildman–Crippen LogP) is 0.659. The molecule has 0 spiro atoms. The molecular formula is C21H23IN2. The van der Waals surface area contributed by atoms with Crippen LogP contribution >= 0.6 is 0 Å². The molecule has 0 unspecified atom stereocenters. The number of halogens is 1. The van der Waals surface area contributed by atoms with Gasteiger partial charge in [-0.25, -0.2) is 0 Å². The van der Waals surface area contributed by atoms with Crippen molar-refractivity contribution >= 4 is 0 Å². The van der Waals surface area contributed by atoms with Gasteiger partial charge in [0.05, 0.1) is 0 Å². The van der Waals surface area contributed by atoms with E-state index in [1.54, 1.807) is 0 Å². The Morgan fingerprint density at radius 3 is 1.92 bits per heavy atom. The van der Waals surface area contributed by atoms with Gasteiger partial charge in [-0.15, -0.1) is 0 Å². The minimum absolute atomic E-state index is 0. The summed E-state index contributed by atoms with van der Waals surface area (Å²) in [6, 6.07) is 25.8. The third-order valence-electron chi connectivity index (χ3n) is 4.26. The molecule has 0 aliphatic heterocycles. The second-order valence-electron chi connectivity index (χ2n) is 5.82. The van der Waals surface area contributed by atoms with E-state index in [0.29, 0.717) is 12.6 Å². The highest BCUT2D eigenvalue weighted by Gasteiger charge is 2.14. The van der Waals surface area contributed by atoms with Crippen LogP contribution in [0, 0.1) is 0 Å². The van der Waals surface area contributed by atoms with Crippen LogP contribution in [0.1, 0.15) is 29.0 Å². The molecule has 3 aromatic rings. The third kappa shape index (κ3) is 4.89. The average Bonchev–Trinajstić information content (AvgIpc) is 2.64. The molecule has 0 amide bonds. The van der Waals surface area contributed by atoms with E-state index in [4.69, 9.17) is 5.73 Å². The Labute approximate surface area is 161 Å². The van der Waals surface area contributed by atoms with Gasteiger partial charge in [0.25, 0.3) is 0 Å². The van der Waals surface area contributed by atoms with Crippen LogP contribution < -0.4 is 34.3 Å².